The minimum atomic E-state index is -0.302. The topological polar surface area (TPSA) is 54.8 Å². The number of benzene rings is 8. The van der Waals surface area contributed by atoms with Gasteiger partial charge in [0.15, 0.2) is 5.84 Å². The monoisotopic (exact) mass is 692 g/mol. The van der Waals surface area contributed by atoms with Gasteiger partial charge in [-0.25, -0.2) is 9.98 Å². The largest absolute Gasteiger partial charge is 0.456 e. The van der Waals surface area contributed by atoms with Crippen LogP contribution in [-0.4, -0.2) is 16.2 Å². The summed E-state index contributed by atoms with van der Waals surface area (Å²) in [4.78, 5) is 10.4. The van der Waals surface area contributed by atoms with Crippen LogP contribution in [0, 0.1) is 0 Å². The molecule has 5 heteroatoms. The average Bonchev–Trinajstić information content (AvgIpc) is 3.78. The van der Waals surface area contributed by atoms with E-state index in [4.69, 9.17) is 14.4 Å². The highest BCUT2D eigenvalue weighted by atomic mass is 16.3. The molecular weight excluding hydrogens is 661 g/mol. The first-order valence-corrected chi connectivity index (χ1v) is 18.3. The van der Waals surface area contributed by atoms with Gasteiger partial charge in [0, 0.05) is 38.2 Å². The first-order chi connectivity index (χ1) is 26.8. The molecule has 10 aromatic rings. The maximum absolute atomic E-state index is 6.45. The molecule has 1 N–H and O–H groups in total. The van der Waals surface area contributed by atoms with Crippen molar-refractivity contribution < 1.29 is 4.42 Å². The molecule has 0 radical (unpaired) electrons. The van der Waals surface area contributed by atoms with E-state index in [9.17, 15) is 0 Å². The van der Waals surface area contributed by atoms with Crippen molar-refractivity contribution in [2.45, 2.75) is 6.17 Å². The van der Waals surface area contributed by atoms with Gasteiger partial charge in [-0.1, -0.05) is 133 Å². The van der Waals surface area contributed by atoms with Crippen LogP contribution in [0.4, 0.5) is 0 Å². The van der Waals surface area contributed by atoms with E-state index >= 15 is 0 Å². The molecule has 1 atom stereocenters. The highest BCUT2D eigenvalue weighted by Gasteiger charge is 2.24. The molecule has 0 fully saturated rings. The Morgan fingerprint density at radius 1 is 0.500 bits per heavy atom. The van der Waals surface area contributed by atoms with E-state index in [1.54, 1.807) is 0 Å². The van der Waals surface area contributed by atoms with Crippen molar-refractivity contribution in [1.29, 1.82) is 0 Å². The van der Waals surface area contributed by atoms with Crippen LogP contribution in [0.25, 0.3) is 71.3 Å². The minimum Gasteiger partial charge on any atom is -0.456 e. The van der Waals surface area contributed by atoms with Gasteiger partial charge in [0.25, 0.3) is 0 Å². The van der Waals surface area contributed by atoms with E-state index in [0.29, 0.717) is 5.84 Å². The molecular formula is C49H32N4O. The van der Waals surface area contributed by atoms with Gasteiger partial charge in [0.1, 0.15) is 23.2 Å². The lowest BCUT2D eigenvalue weighted by Gasteiger charge is -2.24. The number of hydrogen-bond donors (Lipinski definition) is 1. The number of hydrogen-bond acceptors (Lipinski definition) is 4. The number of aliphatic imine (C=N–C) groups is 2. The van der Waals surface area contributed by atoms with Crippen LogP contribution in [0.1, 0.15) is 22.9 Å². The minimum absolute atomic E-state index is 0.302. The van der Waals surface area contributed by atoms with Crippen LogP contribution >= 0.6 is 0 Å². The van der Waals surface area contributed by atoms with Crippen molar-refractivity contribution in [2.24, 2.45) is 9.98 Å². The molecule has 8 aromatic carbocycles. The highest BCUT2D eigenvalue weighted by molar-refractivity contribution is 6.18. The number of para-hydroxylation sites is 2. The van der Waals surface area contributed by atoms with Crippen molar-refractivity contribution in [1.82, 2.24) is 9.88 Å². The highest BCUT2D eigenvalue weighted by Crippen LogP contribution is 2.42. The van der Waals surface area contributed by atoms with E-state index in [-0.39, 0.29) is 6.17 Å². The van der Waals surface area contributed by atoms with Crippen LogP contribution in [0.3, 0.4) is 0 Å². The number of aromatic nitrogens is 1. The molecule has 0 saturated heterocycles. The lowest BCUT2D eigenvalue weighted by Crippen LogP contribution is -2.33. The Labute approximate surface area is 311 Å². The Bertz CT molecular complexity index is 3140. The van der Waals surface area contributed by atoms with E-state index in [1.807, 2.05) is 36.4 Å². The molecule has 254 valence electrons. The zero-order valence-corrected chi connectivity index (χ0v) is 29.1. The average molecular weight is 693 g/mol. The molecule has 0 spiro atoms. The van der Waals surface area contributed by atoms with Crippen molar-refractivity contribution in [3.05, 3.63) is 199 Å². The van der Waals surface area contributed by atoms with E-state index in [0.717, 1.165) is 72.3 Å². The van der Waals surface area contributed by atoms with Gasteiger partial charge in [-0.3, -0.25) is 0 Å². The smallest absolute Gasteiger partial charge is 0.159 e. The third-order valence-corrected chi connectivity index (χ3v) is 10.6. The number of rotatable bonds is 5. The maximum Gasteiger partial charge on any atom is 0.159 e. The summed E-state index contributed by atoms with van der Waals surface area (Å²) in [6.45, 7) is 0. The predicted octanol–water partition coefficient (Wildman–Crippen LogP) is 12.0. The van der Waals surface area contributed by atoms with Crippen molar-refractivity contribution >= 4 is 66.2 Å². The van der Waals surface area contributed by atoms with Gasteiger partial charge >= 0.3 is 0 Å². The number of furan rings is 1. The van der Waals surface area contributed by atoms with Crippen LogP contribution in [0.5, 0.6) is 0 Å². The second-order valence-corrected chi connectivity index (χ2v) is 13.8. The third kappa shape index (κ3) is 4.86. The van der Waals surface area contributed by atoms with E-state index in [1.165, 1.54) is 21.5 Å². The molecule has 1 aliphatic rings. The zero-order chi connectivity index (χ0) is 35.6. The SMILES string of the molecule is c1ccc(C2=NC(c3ccc(-n4c5ccccc5c5cc6ccccc6cc54)c(-c4cccc5oc6ccccc6c45)c3)=NC(c3ccccc3)N2)cc1. The van der Waals surface area contributed by atoms with Gasteiger partial charge < -0.3 is 14.3 Å². The van der Waals surface area contributed by atoms with Gasteiger partial charge in [0.2, 0.25) is 0 Å². The van der Waals surface area contributed by atoms with E-state index < -0.39 is 0 Å². The molecule has 11 rings (SSSR count). The molecule has 0 saturated carbocycles. The first-order valence-electron chi connectivity index (χ1n) is 18.3. The number of amidine groups is 2. The van der Waals surface area contributed by atoms with Gasteiger partial charge in [-0.15, -0.1) is 0 Å². The van der Waals surface area contributed by atoms with Crippen molar-refractivity contribution in [2.75, 3.05) is 0 Å². The molecule has 3 heterocycles. The summed E-state index contributed by atoms with van der Waals surface area (Å²) >= 11 is 0. The first kappa shape index (κ1) is 30.4. The molecule has 0 bridgehead atoms. The Morgan fingerprint density at radius 2 is 1.20 bits per heavy atom. The lowest BCUT2D eigenvalue weighted by molar-refractivity contribution is 0.669. The fourth-order valence-electron chi connectivity index (χ4n) is 8.13. The van der Waals surface area contributed by atoms with Crippen LogP contribution in [0.15, 0.2) is 196 Å². The molecule has 0 amide bonds. The number of fused-ring (bicyclic) bond motifs is 7. The fraction of sp³-hybridized carbons (Fsp3) is 0.0204. The lowest BCUT2D eigenvalue weighted by atomic mass is 9.95. The summed E-state index contributed by atoms with van der Waals surface area (Å²) in [7, 11) is 0. The quantitative estimate of drug-likeness (QED) is 0.195. The normalized spacial score (nSPS) is 14.5. The van der Waals surface area contributed by atoms with Crippen molar-refractivity contribution in [3.63, 3.8) is 0 Å². The van der Waals surface area contributed by atoms with Gasteiger partial charge in [-0.05, 0) is 70.4 Å². The summed E-state index contributed by atoms with van der Waals surface area (Å²) in [5, 5.41) is 10.6. The van der Waals surface area contributed by atoms with E-state index in [2.05, 4.69) is 155 Å². The molecule has 0 aliphatic carbocycles. The molecule has 5 nitrogen and oxygen atoms in total. The Balaban J connectivity index is 1.21. The number of nitrogens with zero attached hydrogens (tertiary/aromatic N) is 3. The fourth-order valence-corrected chi connectivity index (χ4v) is 8.13. The molecule has 2 aromatic heterocycles. The second kappa shape index (κ2) is 12.2. The van der Waals surface area contributed by atoms with Crippen LogP contribution in [0.2, 0.25) is 0 Å². The van der Waals surface area contributed by atoms with Crippen LogP contribution < -0.4 is 5.32 Å². The maximum atomic E-state index is 6.45. The summed E-state index contributed by atoms with van der Waals surface area (Å²) in [5.41, 5.74) is 10.3. The summed E-state index contributed by atoms with van der Waals surface area (Å²) < 4.78 is 8.87. The molecule has 54 heavy (non-hydrogen) atoms. The number of nitrogens with one attached hydrogen (secondary N) is 1. The predicted molar refractivity (Wildman–Crippen MR) is 223 cm³/mol. The summed E-state index contributed by atoms with van der Waals surface area (Å²) in [5.74, 6) is 1.46. The Kier molecular flexibility index (Phi) is 6.85. The van der Waals surface area contributed by atoms with Gasteiger partial charge in [-0.2, -0.15) is 0 Å². The second-order valence-electron chi connectivity index (χ2n) is 13.8. The zero-order valence-electron chi connectivity index (χ0n) is 29.1. The Hall–Kier alpha value is -7.24. The third-order valence-electron chi connectivity index (χ3n) is 10.6. The standard InChI is InChI=1S/C49H32N4O/c1-3-14-31(15-4-1)47-50-48(32-16-5-2-6-17-32)52-49(51-47)35-26-27-42(40(29-35)37-22-13-25-45-46(37)38-21-10-12-24-44(38)54-45)53-41-23-11-9-20-36(41)39-28-33-18-7-8-19-34(33)30-43(39)53/h1-30,47H,(H,50,51,52). The van der Waals surface area contributed by atoms with Crippen molar-refractivity contribution in [3.8, 4) is 16.8 Å². The molecule has 1 unspecified atom stereocenters. The van der Waals surface area contributed by atoms with Gasteiger partial charge in [0.05, 0.1) is 16.7 Å². The molecule has 1 aliphatic heterocycles. The summed E-state index contributed by atoms with van der Waals surface area (Å²) in [6.07, 6.45) is -0.302. The Morgan fingerprint density at radius 3 is 2.06 bits per heavy atom. The van der Waals surface area contributed by atoms with Crippen LogP contribution in [-0.2, 0) is 0 Å². The summed E-state index contributed by atoms with van der Waals surface area (Å²) in [6, 6.07) is 64.0.